The zero-order chi connectivity index (χ0) is 9.68. The Labute approximate surface area is 82.9 Å². The Morgan fingerprint density at radius 1 is 1.38 bits per heavy atom. The number of hydrogen-bond acceptors (Lipinski definition) is 3. The van der Waals surface area contributed by atoms with Crippen LogP contribution in [0.15, 0.2) is 29.2 Å². The van der Waals surface area contributed by atoms with Gasteiger partial charge in [-0.1, -0.05) is 0 Å². The summed E-state index contributed by atoms with van der Waals surface area (Å²) in [5, 5.41) is 9.07. The minimum absolute atomic E-state index is 0.257. The van der Waals surface area contributed by atoms with Crippen LogP contribution in [0.1, 0.15) is 6.92 Å². The molecule has 0 bridgehead atoms. The fourth-order valence-corrected chi connectivity index (χ4v) is 1.65. The number of benzene rings is 1. The molecule has 0 aliphatic carbocycles. The van der Waals surface area contributed by atoms with E-state index in [0.717, 1.165) is 16.4 Å². The maximum Gasteiger partial charge on any atom is 0.118 e. The lowest BCUT2D eigenvalue weighted by Gasteiger charge is -2.04. The molecule has 0 saturated heterocycles. The van der Waals surface area contributed by atoms with Gasteiger partial charge in [0.25, 0.3) is 0 Å². The molecular formula is C10H14O2S. The first-order valence-electron chi connectivity index (χ1n) is 4.17. The highest BCUT2D eigenvalue weighted by Gasteiger charge is 1.98. The van der Waals surface area contributed by atoms with Crippen molar-refractivity contribution in [3.63, 3.8) is 0 Å². The summed E-state index contributed by atoms with van der Waals surface area (Å²) < 4.78 is 5.04. The summed E-state index contributed by atoms with van der Waals surface area (Å²) in [5.74, 6) is 1.59. The Hall–Kier alpha value is -0.670. The number of aliphatic hydroxyl groups is 1. The second-order valence-electron chi connectivity index (χ2n) is 2.84. The summed E-state index contributed by atoms with van der Waals surface area (Å²) in [4.78, 5) is 1.15. The maximum atomic E-state index is 9.07. The van der Waals surface area contributed by atoms with Crippen LogP contribution in [-0.2, 0) is 0 Å². The van der Waals surface area contributed by atoms with Crippen molar-refractivity contribution in [1.82, 2.24) is 0 Å². The van der Waals surface area contributed by atoms with Gasteiger partial charge >= 0.3 is 0 Å². The Kier molecular flexibility index (Phi) is 4.12. The molecule has 0 saturated carbocycles. The second kappa shape index (κ2) is 5.14. The second-order valence-corrected chi connectivity index (χ2v) is 3.93. The van der Waals surface area contributed by atoms with Crippen LogP contribution in [0, 0.1) is 0 Å². The number of rotatable bonds is 4. The number of ether oxygens (including phenoxy) is 1. The molecule has 72 valence electrons. The number of thioether (sulfide) groups is 1. The van der Waals surface area contributed by atoms with Crippen LogP contribution in [0.5, 0.6) is 5.75 Å². The van der Waals surface area contributed by atoms with E-state index in [9.17, 15) is 0 Å². The van der Waals surface area contributed by atoms with Gasteiger partial charge in [-0.15, -0.1) is 11.8 Å². The van der Waals surface area contributed by atoms with Gasteiger partial charge in [-0.2, -0.15) is 0 Å². The molecule has 1 atom stereocenters. The Morgan fingerprint density at radius 2 is 2.00 bits per heavy atom. The quantitative estimate of drug-likeness (QED) is 0.752. The Morgan fingerprint density at radius 3 is 2.46 bits per heavy atom. The molecule has 1 N–H and O–H groups in total. The highest BCUT2D eigenvalue weighted by atomic mass is 32.2. The van der Waals surface area contributed by atoms with Crippen molar-refractivity contribution >= 4 is 11.8 Å². The normalized spacial score (nSPS) is 12.5. The molecule has 3 heteroatoms. The lowest BCUT2D eigenvalue weighted by molar-refractivity contribution is 0.220. The number of hydrogen-bond donors (Lipinski definition) is 1. The molecule has 2 nitrogen and oxygen atoms in total. The van der Waals surface area contributed by atoms with E-state index in [1.807, 2.05) is 24.3 Å². The van der Waals surface area contributed by atoms with Crippen molar-refractivity contribution in [2.45, 2.75) is 17.9 Å². The lowest BCUT2D eigenvalue weighted by atomic mass is 10.3. The van der Waals surface area contributed by atoms with Gasteiger partial charge in [0.1, 0.15) is 5.75 Å². The highest BCUT2D eigenvalue weighted by Crippen LogP contribution is 2.21. The Bertz CT molecular complexity index is 244. The molecule has 1 aromatic rings. The van der Waals surface area contributed by atoms with Crippen molar-refractivity contribution in [2.75, 3.05) is 12.9 Å². The van der Waals surface area contributed by atoms with Gasteiger partial charge in [0, 0.05) is 10.6 Å². The van der Waals surface area contributed by atoms with Crippen LogP contribution in [0.3, 0.4) is 0 Å². The standard InChI is InChI=1S/C10H14O2S/c1-8(11)7-13-10-5-3-9(12-2)4-6-10/h3-6,8,11H,7H2,1-2H3/t8-/m1/s1. The van der Waals surface area contributed by atoms with E-state index in [0.29, 0.717) is 0 Å². The van der Waals surface area contributed by atoms with Gasteiger partial charge in [-0.05, 0) is 31.2 Å². The van der Waals surface area contributed by atoms with E-state index < -0.39 is 0 Å². The van der Waals surface area contributed by atoms with E-state index >= 15 is 0 Å². The van der Waals surface area contributed by atoms with E-state index in [1.54, 1.807) is 25.8 Å². The predicted octanol–water partition coefficient (Wildman–Crippen LogP) is 2.17. The van der Waals surface area contributed by atoms with Crippen LogP contribution >= 0.6 is 11.8 Å². The SMILES string of the molecule is COc1ccc(SC[C@@H](C)O)cc1. The Balaban J connectivity index is 2.49. The van der Waals surface area contributed by atoms with Crippen LogP contribution < -0.4 is 4.74 Å². The first-order chi connectivity index (χ1) is 6.22. The fraction of sp³-hybridized carbons (Fsp3) is 0.400. The van der Waals surface area contributed by atoms with Crippen LogP contribution in [0.4, 0.5) is 0 Å². The van der Waals surface area contributed by atoms with E-state index in [1.165, 1.54) is 0 Å². The third-order valence-electron chi connectivity index (χ3n) is 1.55. The predicted molar refractivity (Wildman–Crippen MR) is 55.4 cm³/mol. The smallest absolute Gasteiger partial charge is 0.118 e. The summed E-state index contributed by atoms with van der Waals surface area (Å²) in [7, 11) is 1.65. The summed E-state index contributed by atoms with van der Waals surface area (Å²) in [5.41, 5.74) is 0. The number of methoxy groups -OCH3 is 1. The summed E-state index contributed by atoms with van der Waals surface area (Å²) >= 11 is 1.64. The van der Waals surface area contributed by atoms with Gasteiger partial charge < -0.3 is 9.84 Å². The van der Waals surface area contributed by atoms with E-state index in [-0.39, 0.29) is 6.10 Å². The van der Waals surface area contributed by atoms with Gasteiger partial charge in [0.2, 0.25) is 0 Å². The van der Waals surface area contributed by atoms with Gasteiger partial charge in [-0.3, -0.25) is 0 Å². The molecule has 1 aromatic carbocycles. The van der Waals surface area contributed by atoms with Gasteiger partial charge in [0.15, 0.2) is 0 Å². The molecule has 1 rings (SSSR count). The van der Waals surface area contributed by atoms with Crippen LogP contribution in [0.2, 0.25) is 0 Å². The molecule has 0 heterocycles. The summed E-state index contributed by atoms with van der Waals surface area (Å²) in [6.45, 7) is 1.79. The minimum atomic E-state index is -0.257. The van der Waals surface area contributed by atoms with E-state index in [2.05, 4.69) is 0 Å². The van der Waals surface area contributed by atoms with Crippen molar-refractivity contribution in [3.8, 4) is 5.75 Å². The molecule has 0 aliphatic rings. The molecule has 0 aliphatic heterocycles. The summed E-state index contributed by atoms with van der Waals surface area (Å²) in [6.07, 6.45) is -0.257. The van der Waals surface area contributed by atoms with Crippen LogP contribution in [0.25, 0.3) is 0 Å². The first-order valence-corrected chi connectivity index (χ1v) is 5.16. The highest BCUT2D eigenvalue weighted by molar-refractivity contribution is 7.99. The molecular weight excluding hydrogens is 184 g/mol. The average molecular weight is 198 g/mol. The third kappa shape index (κ3) is 3.70. The molecule has 0 unspecified atom stereocenters. The van der Waals surface area contributed by atoms with E-state index in [4.69, 9.17) is 9.84 Å². The molecule has 0 spiro atoms. The molecule has 0 radical (unpaired) electrons. The topological polar surface area (TPSA) is 29.5 Å². The van der Waals surface area contributed by atoms with Gasteiger partial charge in [-0.25, -0.2) is 0 Å². The summed E-state index contributed by atoms with van der Waals surface area (Å²) in [6, 6.07) is 7.83. The van der Waals surface area contributed by atoms with Gasteiger partial charge in [0.05, 0.1) is 13.2 Å². The zero-order valence-electron chi connectivity index (χ0n) is 7.86. The number of aliphatic hydroxyl groups excluding tert-OH is 1. The first kappa shape index (κ1) is 10.4. The molecule has 0 aromatic heterocycles. The maximum absolute atomic E-state index is 9.07. The van der Waals surface area contributed by atoms with Crippen molar-refractivity contribution in [1.29, 1.82) is 0 Å². The van der Waals surface area contributed by atoms with Crippen molar-refractivity contribution in [2.24, 2.45) is 0 Å². The lowest BCUT2D eigenvalue weighted by Crippen LogP contribution is -2.01. The monoisotopic (exact) mass is 198 g/mol. The fourth-order valence-electron chi connectivity index (χ4n) is 0.889. The molecule has 13 heavy (non-hydrogen) atoms. The zero-order valence-corrected chi connectivity index (χ0v) is 8.67. The average Bonchev–Trinajstić information content (AvgIpc) is 2.15. The molecule has 0 fully saturated rings. The minimum Gasteiger partial charge on any atom is -0.497 e. The largest absolute Gasteiger partial charge is 0.497 e. The third-order valence-corrected chi connectivity index (χ3v) is 2.81. The van der Waals surface area contributed by atoms with Crippen molar-refractivity contribution in [3.05, 3.63) is 24.3 Å². The molecule has 0 amide bonds. The van der Waals surface area contributed by atoms with Crippen molar-refractivity contribution < 1.29 is 9.84 Å². The van der Waals surface area contributed by atoms with Crippen LogP contribution in [-0.4, -0.2) is 24.1 Å².